The van der Waals surface area contributed by atoms with Crippen molar-refractivity contribution in [2.24, 2.45) is 23.1 Å². The van der Waals surface area contributed by atoms with E-state index in [0.29, 0.717) is 50.6 Å². The highest BCUT2D eigenvalue weighted by Gasteiger charge is 2.40. The number of primary amides is 2. The number of aliphatic hydroxyl groups excluding tert-OH is 1. The maximum Gasteiger partial charge on any atom is 0.312 e. The van der Waals surface area contributed by atoms with E-state index in [1.807, 2.05) is 30.3 Å². The van der Waals surface area contributed by atoms with Gasteiger partial charge >= 0.3 is 6.03 Å². The summed E-state index contributed by atoms with van der Waals surface area (Å²) in [7, 11) is 0. The van der Waals surface area contributed by atoms with Gasteiger partial charge in [-0.3, -0.25) is 53.4 Å². The molecule has 1 aliphatic rings. The first kappa shape index (κ1) is 79.0. The van der Waals surface area contributed by atoms with Gasteiger partial charge in [0.1, 0.15) is 60.4 Å². The molecule has 1 saturated heterocycles. The molecule has 12 amide bonds. The summed E-state index contributed by atoms with van der Waals surface area (Å²) in [6.45, 7) is 4.21. The zero-order valence-electron chi connectivity index (χ0n) is 57.5. The van der Waals surface area contributed by atoms with Crippen molar-refractivity contribution in [2.75, 3.05) is 31.2 Å². The number of nitrogen functional groups attached to an aromatic ring is 2. The minimum atomic E-state index is -1.81. The van der Waals surface area contributed by atoms with Crippen molar-refractivity contribution < 1.29 is 57.8 Å². The monoisotopic (exact) mass is 1430 g/mol. The van der Waals surface area contributed by atoms with Crippen molar-refractivity contribution in [3.05, 3.63) is 178 Å². The number of hydrogen-bond acceptors (Lipinski definition) is 15. The fraction of sp³-hybridized carbons (Fsp3) is 0.370. The number of anilines is 2. The van der Waals surface area contributed by atoms with Gasteiger partial charge in [0.2, 0.25) is 59.1 Å². The molecule has 7 rings (SSSR count). The number of aliphatic hydroxyl groups is 1. The lowest BCUT2D eigenvalue weighted by Crippen LogP contribution is -2.62. The highest BCUT2D eigenvalue weighted by Crippen LogP contribution is 2.23. The zero-order chi connectivity index (χ0) is 74.9. The van der Waals surface area contributed by atoms with E-state index in [0.717, 1.165) is 10.8 Å². The molecule has 6 aromatic rings. The van der Waals surface area contributed by atoms with Crippen LogP contribution in [0.25, 0.3) is 10.8 Å². The summed E-state index contributed by atoms with van der Waals surface area (Å²) >= 11 is 6.24. The third-order valence-electron chi connectivity index (χ3n) is 17.3. The van der Waals surface area contributed by atoms with Crippen LogP contribution in [0, 0.1) is 11.3 Å². The Hall–Kier alpha value is -11.3. The van der Waals surface area contributed by atoms with Crippen molar-refractivity contribution in [2.45, 2.75) is 145 Å². The average Bonchev–Trinajstić information content (AvgIpc) is 1.77. The topological polar surface area (TPSA) is 485 Å². The molecule has 103 heavy (non-hydrogen) atoms. The summed E-state index contributed by atoms with van der Waals surface area (Å²) in [4.78, 5) is 157. The van der Waals surface area contributed by atoms with E-state index in [2.05, 4.69) is 53.2 Å². The molecule has 0 aromatic heterocycles. The Morgan fingerprint density at radius 3 is 1.42 bits per heavy atom. The molecule has 0 aliphatic carbocycles. The van der Waals surface area contributed by atoms with Crippen molar-refractivity contribution in [1.82, 2.24) is 58.1 Å². The minimum absolute atomic E-state index is 0.0108. The quantitative estimate of drug-likeness (QED) is 0.0112. The first-order valence-electron chi connectivity index (χ1n) is 33.9. The van der Waals surface area contributed by atoms with E-state index >= 15 is 4.79 Å². The van der Waals surface area contributed by atoms with E-state index in [-0.39, 0.29) is 82.8 Å². The van der Waals surface area contributed by atoms with E-state index < -0.39 is 132 Å². The molecule has 548 valence electrons. The van der Waals surface area contributed by atoms with Crippen LogP contribution in [0.2, 0.25) is 5.02 Å². The lowest BCUT2D eigenvalue weighted by atomic mass is 9.97. The van der Waals surface area contributed by atoms with Crippen LogP contribution in [0.4, 0.5) is 16.2 Å². The third kappa shape index (κ3) is 24.5. The molecule has 10 atom stereocenters. The summed E-state index contributed by atoms with van der Waals surface area (Å²) < 4.78 is 0. The van der Waals surface area contributed by atoms with Crippen molar-refractivity contribution in [3.63, 3.8) is 0 Å². The van der Waals surface area contributed by atoms with Crippen LogP contribution in [0.15, 0.2) is 146 Å². The molecule has 1 aliphatic heterocycles. The summed E-state index contributed by atoms with van der Waals surface area (Å²) in [5.74, 6) is -8.97. The molecule has 6 aromatic carbocycles. The predicted octanol–water partition coefficient (Wildman–Crippen LogP) is 0.884. The Bertz CT molecular complexity index is 3960. The number of rotatable bonds is 36. The summed E-state index contributed by atoms with van der Waals surface area (Å²) in [6, 6.07) is 25.8. The zero-order valence-corrected chi connectivity index (χ0v) is 58.3. The number of fused-ring (bicyclic) bond motifs is 1. The fourth-order valence-corrected chi connectivity index (χ4v) is 12.0. The maximum atomic E-state index is 15.1. The predicted molar refractivity (Wildman–Crippen MR) is 389 cm³/mol. The number of likely N-dealkylation sites (tertiary alicyclic amines) is 1. The highest BCUT2D eigenvalue weighted by molar-refractivity contribution is 6.30. The lowest BCUT2D eigenvalue weighted by molar-refractivity contribution is -0.142. The Kier molecular flexibility index (Phi) is 29.5. The van der Waals surface area contributed by atoms with Crippen LogP contribution >= 0.6 is 11.6 Å². The maximum absolute atomic E-state index is 15.1. The number of halogens is 1. The molecule has 0 saturated carbocycles. The minimum Gasteiger partial charge on any atom is -0.399 e. The van der Waals surface area contributed by atoms with Gasteiger partial charge in [-0.05, 0) is 120 Å². The number of guanidine groups is 1. The van der Waals surface area contributed by atoms with E-state index in [1.165, 1.54) is 11.8 Å². The van der Waals surface area contributed by atoms with Crippen LogP contribution < -0.4 is 81.8 Å². The SMILES string of the molecule is CC(C)C[C@H](NC(=O)[C@@H](Cc1ccc(N)cc1)NC(=O)[C@H](Cc1ccc(N)cc1)NC(=O)[C@H](CO)NC(=O)[C@@H](Cc1ccccc1)NC(=O)[C@@H](Cc1ccc(Cl)cc1)NC(=O)[C@@H](Cc1cccc2ccccc12)NC(N)=O)C(=O)N[C@@H](CCCNC(=N)N)C(=O)N1CCC[C@H]1C(=O)N[C@H](C)C(N)=O. The molecule has 0 radical (unpaired) electrons. The largest absolute Gasteiger partial charge is 0.399 e. The second-order valence-corrected chi connectivity index (χ2v) is 26.3. The number of nitrogens with two attached hydrogens (primary N) is 5. The second kappa shape index (κ2) is 38.5. The number of urea groups is 1. The molecular weight excluding hydrogens is 1340 g/mol. The highest BCUT2D eigenvalue weighted by atomic mass is 35.5. The summed E-state index contributed by atoms with van der Waals surface area (Å²) in [6.07, 6.45) is 0.0157. The Morgan fingerprint density at radius 2 is 0.932 bits per heavy atom. The number of carbonyl (C=O) groups excluding carboxylic acids is 11. The van der Waals surface area contributed by atoms with Crippen molar-refractivity contribution >= 4 is 105 Å². The van der Waals surface area contributed by atoms with Gasteiger partial charge in [-0.25, -0.2) is 4.79 Å². The van der Waals surface area contributed by atoms with Crippen molar-refractivity contribution in [1.29, 1.82) is 5.41 Å². The molecule has 22 N–H and O–H groups in total. The van der Waals surface area contributed by atoms with Crippen LogP contribution in [0.5, 0.6) is 0 Å². The number of nitrogens with one attached hydrogen (secondary N) is 11. The van der Waals surface area contributed by atoms with Crippen LogP contribution in [0.1, 0.15) is 80.7 Å². The standard InChI is InChI=1S/C73H92ClN17O12/c1-41(2)34-54(63(94)83-53(18-10-32-81-72(78)79)71(102)91-33-11-19-61(91)70(101)82-42(3)62(77)93)84-64(95)57(37-45-22-28-50(75)29-23-45)86-66(97)58(38-46-24-30-51(76)31-25-46)88-69(100)60(40-92)89-67(98)55(35-43-12-5-4-6-13-43)85-65(96)56(36-44-20-26-49(74)27-21-44)87-68(99)59(90-73(80)103)39-48-16-9-15-47-14-7-8-17-52(47)48/h4-9,12-17,20-31,41-42,53-61,92H,10-11,18-19,32-40,75-76H2,1-3H3,(H2,77,93)(H,82,101)(H,83,94)(H,84,95)(H,85,96)(H,86,97)(H,87,99)(H,88,100)(H,89,98)(H4,78,79,81)(H3,80,90,103)/t42-,53+,54+,55-,56-,57-,58+,59-,60+,61+/m1/s1. The van der Waals surface area contributed by atoms with Gasteiger partial charge in [0.05, 0.1) is 6.61 Å². The van der Waals surface area contributed by atoms with Crippen LogP contribution in [-0.4, -0.2) is 161 Å². The fourth-order valence-electron chi connectivity index (χ4n) is 11.9. The van der Waals surface area contributed by atoms with Gasteiger partial charge in [-0.2, -0.15) is 0 Å². The summed E-state index contributed by atoms with van der Waals surface area (Å²) in [5, 5.41) is 47.4. The normalized spacial score (nSPS) is 15.2. The van der Waals surface area contributed by atoms with Crippen molar-refractivity contribution in [3.8, 4) is 0 Å². The first-order valence-corrected chi connectivity index (χ1v) is 34.2. The molecule has 0 spiro atoms. The molecule has 29 nitrogen and oxygen atoms in total. The molecule has 30 heteroatoms. The number of nitrogens with zero attached hydrogens (tertiary/aromatic N) is 1. The van der Waals surface area contributed by atoms with Gasteiger partial charge < -0.3 is 91.8 Å². The number of carbonyl (C=O) groups is 11. The molecular formula is C73H92ClN17O12. The Labute approximate surface area is 601 Å². The van der Waals surface area contributed by atoms with Crippen LogP contribution in [0.3, 0.4) is 0 Å². The Morgan fingerprint density at radius 1 is 0.505 bits per heavy atom. The molecule has 1 heterocycles. The van der Waals surface area contributed by atoms with Gasteiger partial charge in [0, 0.05) is 61.6 Å². The Balaban J connectivity index is 1.14. The van der Waals surface area contributed by atoms with Gasteiger partial charge in [0.15, 0.2) is 5.96 Å². The number of benzene rings is 6. The van der Waals surface area contributed by atoms with Gasteiger partial charge in [0.25, 0.3) is 0 Å². The third-order valence-corrected chi connectivity index (χ3v) is 17.6. The molecule has 0 unspecified atom stereocenters. The van der Waals surface area contributed by atoms with E-state index in [1.54, 1.807) is 129 Å². The first-order chi connectivity index (χ1) is 49.1. The van der Waals surface area contributed by atoms with E-state index in [9.17, 15) is 53.1 Å². The summed E-state index contributed by atoms with van der Waals surface area (Å²) in [5.41, 5.74) is 32.1. The second-order valence-electron chi connectivity index (χ2n) is 25.9. The van der Waals surface area contributed by atoms with Crippen LogP contribution in [-0.2, 0) is 80.0 Å². The van der Waals surface area contributed by atoms with Gasteiger partial charge in [-0.15, -0.1) is 0 Å². The lowest BCUT2D eigenvalue weighted by Gasteiger charge is -2.31. The number of hydrogen-bond donors (Lipinski definition) is 17. The molecule has 1 fully saturated rings. The van der Waals surface area contributed by atoms with Gasteiger partial charge in [-0.1, -0.05) is 135 Å². The smallest absolute Gasteiger partial charge is 0.312 e. The number of amides is 12. The molecule has 0 bridgehead atoms. The average molecular weight is 1440 g/mol. The van der Waals surface area contributed by atoms with E-state index in [4.69, 9.17) is 45.7 Å².